The molecule has 0 bridgehead atoms. The smallest absolute Gasteiger partial charge is 0 e. The summed E-state index contributed by atoms with van der Waals surface area (Å²) in [5, 5.41) is 1.46. The topological polar surface area (TPSA) is 51.8 Å². The maximum Gasteiger partial charge on any atom is 0 e. The summed E-state index contributed by atoms with van der Waals surface area (Å²) in [5.41, 5.74) is 9.84. The van der Waals surface area contributed by atoms with Crippen molar-refractivity contribution in [1.29, 1.82) is 0 Å². The first-order chi connectivity index (χ1) is 24.3. The van der Waals surface area contributed by atoms with Gasteiger partial charge in [0.15, 0.2) is 0 Å². The van der Waals surface area contributed by atoms with E-state index in [0.717, 1.165) is 46.3 Å². The molecule has 8 aromatic rings. The molecule has 0 aliphatic heterocycles. The largest absolute Gasteiger partial charge is 0 e. The Hall–Kier alpha value is -4.75. The fourth-order valence-corrected chi connectivity index (χ4v) is 9.42. The van der Waals surface area contributed by atoms with Crippen LogP contribution in [-0.2, 0) is 32.9 Å². The summed E-state index contributed by atoms with van der Waals surface area (Å²) in [6.07, 6.45) is 8.70. The van der Waals surface area contributed by atoms with Gasteiger partial charge in [-0.1, -0.05) is 36.4 Å². The molecule has 0 saturated heterocycles. The molecule has 51 heavy (non-hydrogen) atoms. The maximum atomic E-state index is 13.6. The normalized spacial score (nSPS) is 11.1. The number of aromatic nitrogens is 3. The predicted octanol–water partition coefficient (Wildman–Crippen LogP) is 10.3. The second-order valence-corrected chi connectivity index (χ2v) is 23.9. The van der Waals surface area contributed by atoms with Crippen LogP contribution in [0.25, 0.3) is 44.6 Å². The average Bonchev–Trinajstić information content (AvgIpc) is 3.50. The first-order valence-corrected chi connectivity index (χ1v) is 24.0. The van der Waals surface area contributed by atoms with Crippen LogP contribution in [0.1, 0.15) is 22.3 Å². The van der Waals surface area contributed by atoms with Crippen LogP contribution in [0, 0.1) is 18.1 Å². The Balaban J connectivity index is 0.000000175. The second kappa shape index (κ2) is 16.1. The molecule has 4 nitrogen and oxygen atoms in total. The summed E-state index contributed by atoms with van der Waals surface area (Å²) in [6, 6.07) is 45.0. The Morgan fingerprint density at radius 1 is 0.667 bits per heavy atom. The first kappa shape index (κ1) is 36.1. The van der Waals surface area contributed by atoms with Crippen LogP contribution >= 0.6 is 0 Å². The fourth-order valence-electron chi connectivity index (χ4n) is 6.11. The molecular formula is C44H36FGeIrN3O-2. The molecule has 0 spiro atoms. The molecule has 0 atom stereocenters. The van der Waals surface area contributed by atoms with Crippen molar-refractivity contribution < 1.29 is 28.9 Å². The van der Waals surface area contributed by atoms with Gasteiger partial charge in [0.05, 0.1) is 0 Å². The summed E-state index contributed by atoms with van der Waals surface area (Å²) < 4.78 is 20.8. The molecule has 4 aromatic carbocycles. The molecule has 0 saturated carbocycles. The quantitative estimate of drug-likeness (QED) is 0.118. The van der Waals surface area contributed by atoms with E-state index in [1.54, 1.807) is 12.3 Å². The molecule has 7 heteroatoms. The third-order valence-electron chi connectivity index (χ3n) is 8.61. The zero-order valence-electron chi connectivity index (χ0n) is 28.7. The van der Waals surface area contributed by atoms with Gasteiger partial charge in [-0.3, -0.25) is 0 Å². The van der Waals surface area contributed by atoms with Crippen molar-refractivity contribution >= 4 is 39.7 Å². The van der Waals surface area contributed by atoms with Crippen LogP contribution in [0.4, 0.5) is 4.39 Å². The van der Waals surface area contributed by atoms with E-state index in [9.17, 15) is 4.39 Å². The zero-order chi connectivity index (χ0) is 34.5. The Kier molecular flexibility index (Phi) is 11.4. The molecule has 0 aliphatic rings. The Labute approximate surface area is 314 Å². The van der Waals surface area contributed by atoms with E-state index >= 15 is 0 Å². The van der Waals surface area contributed by atoms with Crippen molar-refractivity contribution in [2.75, 3.05) is 0 Å². The van der Waals surface area contributed by atoms with Gasteiger partial charge in [-0.05, 0) is 59.1 Å². The Bertz CT molecular complexity index is 2380. The van der Waals surface area contributed by atoms with Crippen molar-refractivity contribution in [3.63, 3.8) is 0 Å². The van der Waals surface area contributed by atoms with Crippen molar-refractivity contribution in [2.45, 2.75) is 30.1 Å². The monoisotopic (exact) mass is 908 g/mol. The Morgan fingerprint density at radius 2 is 1.37 bits per heavy atom. The van der Waals surface area contributed by atoms with Crippen molar-refractivity contribution in [3.8, 4) is 22.5 Å². The molecule has 0 N–H and O–H groups in total. The molecule has 4 heterocycles. The summed E-state index contributed by atoms with van der Waals surface area (Å²) in [6.45, 7) is 0. The van der Waals surface area contributed by atoms with Crippen molar-refractivity contribution in [1.82, 2.24) is 15.0 Å². The Morgan fingerprint density at radius 3 is 2.08 bits per heavy atom. The van der Waals surface area contributed by atoms with E-state index in [2.05, 4.69) is 100 Å². The minimum absolute atomic E-state index is 0. The standard InChI is InChI=1S/C23H14FN2O.C21H22GeN.Ir/c24-18-6-7-22-19(13-18)20-12-17(14-26-23(20)27-22)21-11-16(8-9-25-21)10-15-4-2-1-3-5-15;1-22(2,3)20-16-23-21(18-12-8-5-9-13-18)15-19(20)14-17-10-6-4-7-11-17;/h1-9,11-13H,10H2;4-12,15-16H,14H2,1-3H3;/q2*-1;. The van der Waals surface area contributed by atoms with Crippen LogP contribution in [-0.4, -0.2) is 28.2 Å². The zero-order valence-corrected chi connectivity index (χ0v) is 33.1. The number of fused-ring (bicyclic) bond motifs is 3. The van der Waals surface area contributed by atoms with E-state index in [-0.39, 0.29) is 25.9 Å². The molecule has 4 aromatic heterocycles. The van der Waals surface area contributed by atoms with Crippen LogP contribution in [0.3, 0.4) is 0 Å². The van der Waals surface area contributed by atoms with Crippen LogP contribution < -0.4 is 4.40 Å². The third-order valence-corrected chi connectivity index (χ3v) is 12.9. The summed E-state index contributed by atoms with van der Waals surface area (Å²) in [4.78, 5) is 13.5. The molecule has 0 amide bonds. The predicted molar refractivity (Wildman–Crippen MR) is 204 cm³/mol. The van der Waals surface area contributed by atoms with E-state index in [4.69, 9.17) is 9.40 Å². The minimum Gasteiger partial charge on any atom is 0 e. The number of pyridine rings is 3. The van der Waals surface area contributed by atoms with Gasteiger partial charge < -0.3 is 14.4 Å². The molecule has 0 unspecified atom stereocenters. The molecule has 0 aliphatic carbocycles. The maximum absolute atomic E-state index is 13.6. The SMILES string of the molecule is Fc1ccc2oc3n[c-]c(-c4cc(Cc5ccccc5)ccn4)cc3c2c1.[CH3][Ge]([CH3])([CH3])[c]1cnc(-c2[c-]cccc2)cc1Cc1ccccc1.[Ir]. The van der Waals surface area contributed by atoms with Gasteiger partial charge in [0.25, 0.3) is 0 Å². The van der Waals surface area contributed by atoms with Gasteiger partial charge in [0, 0.05) is 31.7 Å². The minimum atomic E-state index is -1.96. The summed E-state index contributed by atoms with van der Waals surface area (Å²) in [5.74, 6) is 6.99. The first-order valence-electron chi connectivity index (χ1n) is 16.7. The number of nitrogens with zero attached hydrogens (tertiary/aromatic N) is 3. The van der Waals surface area contributed by atoms with Gasteiger partial charge in [-0.2, -0.15) is 0 Å². The van der Waals surface area contributed by atoms with Crippen LogP contribution in [0.15, 0.2) is 144 Å². The van der Waals surface area contributed by atoms with Gasteiger partial charge in [0.1, 0.15) is 17.1 Å². The van der Waals surface area contributed by atoms with Crippen molar-refractivity contribution in [2.24, 2.45) is 0 Å². The molecule has 255 valence electrons. The third kappa shape index (κ3) is 8.77. The average molecular weight is 907 g/mol. The van der Waals surface area contributed by atoms with Gasteiger partial charge in [-0.25, -0.2) is 4.39 Å². The molecule has 8 rings (SSSR count). The summed E-state index contributed by atoms with van der Waals surface area (Å²) >= 11 is -1.96. The van der Waals surface area contributed by atoms with Gasteiger partial charge in [-0.15, -0.1) is 11.6 Å². The molecular weight excluding hydrogens is 870 g/mol. The fraction of sp³-hybridized carbons (Fsp3) is 0.114. The number of hydrogen-bond donors (Lipinski definition) is 0. The van der Waals surface area contributed by atoms with Crippen LogP contribution in [0.5, 0.6) is 0 Å². The van der Waals surface area contributed by atoms with E-state index < -0.39 is 13.3 Å². The molecule has 1 radical (unpaired) electrons. The van der Waals surface area contributed by atoms with Crippen molar-refractivity contribution in [3.05, 3.63) is 180 Å². The number of rotatable bonds is 7. The number of hydrogen-bond acceptors (Lipinski definition) is 4. The van der Waals surface area contributed by atoms with E-state index in [0.29, 0.717) is 16.7 Å². The number of benzene rings is 4. The van der Waals surface area contributed by atoms with Gasteiger partial charge >= 0.3 is 142 Å². The second-order valence-electron chi connectivity index (χ2n) is 13.4. The van der Waals surface area contributed by atoms with E-state index in [1.165, 1.54) is 33.2 Å². The van der Waals surface area contributed by atoms with Gasteiger partial charge in [0.2, 0.25) is 0 Å². The van der Waals surface area contributed by atoms with E-state index in [1.807, 2.05) is 54.6 Å². The number of furan rings is 1. The van der Waals surface area contributed by atoms with Crippen LogP contribution in [0.2, 0.25) is 17.3 Å². The number of halogens is 1. The summed E-state index contributed by atoms with van der Waals surface area (Å²) in [7, 11) is 0. The molecule has 0 fully saturated rings.